The van der Waals surface area contributed by atoms with Crippen molar-refractivity contribution in [3.8, 4) is 11.5 Å². The molecule has 0 saturated carbocycles. The van der Waals surface area contributed by atoms with E-state index in [9.17, 15) is 9.90 Å². The molecular weight excluding hydrogens is 334 g/mol. The van der Waals surface area contributed by atoms with E-state index in [1.54, 1.807) is 13.0 Å². The Morgan fingerprint density at radius 3 is 2.81 bits per heavy atom. The predicted molar refractivity (Wildman–Crippen MR) is 95.2 cm³/mol. The van der Waals surface area contributed by atoms with Crippen molar-refractivity contribution in [2.45, 2.75) is 31.7 Å². The molecule has 3 aliphatic heterocycles. The lowest BCUT2D eigenvalue weighted by molar-refractivity contribution is -0.139. The molecule has 1 atom stereocenters. The van der Waals surface area contributed by atoms with Crippen LogP contribution in [0.1, 0.15) is 30.9 Å². The molecule has 0 spiro atoms. The minimum atomic E-state index is -0.809. The Morgan fingerprint density at radius 2 is 2.08 bits per heavy atom. The molecule has 1 aromatic carbocycles. The number of hydrogen-bond acceptors (Lipinski definition) is 6. The fourth-order valence-electron chi connectivity index (χ4n) is 4.35. The zero-order valence-corrected chi connectivity index (χ0v) is 14.9. The summed E-state index contributed by atoms with van der Waals surface area (Å²) in [6.45, 7) is 7.61. The van der Waals surface area contributed by atoms with Crippen LogP contribution in [0, 0.1) is 0 Å². The van der Waals surface area contributed by atoms with E-state index in [1.165, 1.54) is 0 Å². The Bertz CT molecular complexity index is 800. The third-order valence-corrected chi connectivity index (χ3v) is 5.51. The zero-order chi connectivity index (χ0) is 18.3. The average Bonchev–Trinajstić information content (AvgIpc) is 3.09. The van der Waals surface area contributed by atoms with E-state index in [1.807, 2.05) is 12.1 Å². The van der Waals surface area contributed by atoms with Crippen LogP contribution < -0.4 is 9.47 Å². The van der Waals surface area contributed by atoms with Gasteiger partial charge in [-0.15, -0.1) is 6.58 Å². The van der Waals surface area contributed by atoms with E-state index < -0.39 is 11.5 Å². The largest absolute Gasteiger partial charge is 0.509 e. The van der Waals surface area contributed by atoms with Gasteiger partial charge in [-0.2, -0.15) is 0 Å². The lowest BCUT2D eigenvalue weighted by Crippen LogP contribution is -2.55. The van der Waals surface area contributed by atoms with Crippen molar-refractivity contribution in [1.29, 1.82) is 0 Å². The lowest BCUT2D eigenvalue weighted by atomic mass is 9.73. The highest BCUT2D eigenvalue weighted by atomic mass is 16.7. The summed E-state index contributed by atoms with van der Waals surface area (Å²) in [7, 11) is 0. The lowest BCUT2D eigenvalue weighted by Gasteiger charge is -2.50. The van der Waals surface area contributed by atoms with E-state index >= 15 is 0 Å². The van der Waals surface area contributed by atoms with Crippen molar-refractivity contribution < 1.29 is 24.1 Å². The van der Waals surface area contributed by atoms with Crippen LogP contribution in [-0.2, 0) is 21.5 Å². The summed E-state index contributed by atoms with van der Waals surface area (Å²) in [5.74, 6) is 1.03. The summed E-state index contributed by atoms with van der Waals surface area (Å²) in [6.07, 6.45) is 3.61. The highest BCUT2D eigenvalue weighted by Gasteiger charge is 2.50. The number of benzene rings is 1. The molecule has 0 radical (unpaired) electrons. The van der Waals surface area contributed by atoms with Gasteiger partial charge in [-0.1, -0.05) is 6.08 Å². The molecule has 26 heavy (non-hydrogen) atoms. The molecule has 6 nitrogen and oxygen atoms in total. The third-order valence-electron chi connectivity index (χ3n) is 5.51. The van der Waals surface area contributed by atoms with Gasteiger partial charge in [0, 0.05) is 13.1 Å². The maximum Gasteiger partial charge on any atom is 0.337 e. The molecule has 0 aliphatic carbocycles. The summed E-state index contributed by atoms with van der Waals surface area (Å²) in [6, 6.07) is 3.93. The number of nitrogens with zero attached hydrogens (tertiary/aromatic N) is 1. The first-order valence-corrected chi connectivity index (χ1v) is 9.00. The van der Waals surface area contributed by atoms with Crippen LogP contribution in [0.4, 0.5) is 0 Å². The standard InChI is InChI=1S/C20H23NO5/c1-3-7-20-15-11-17-16(25-12-26-17)10-13(15)5-8-21(20)9-6-14(18(20)22)19(23)24-4-2/h3,10-11,22H,1,4-9,12H2,2H3/t20-/m1/s1. The number of carbonyl (C=O) groups excluding carboxylic acids is 1. The van der Waals surface area contributed by atoms with Crippen molar-refractivity contribution in [1.82, 2.24) is 4.90 Å². The number of rotatable bonds is 4. The van der Waals surface area contributed by atoms with Gasteiger partial charge >= 0.3 is 5.97 Å². The average molecular weight is 357 g/mol. The number of fused-ring (bicyclic) bond motifs is 4. The summed E-state index contributed by atoms with van der Waals surface area (Å²) in [5, 5.41) is 11.3. The van der Waals surface area contributed by atoms with E-state index in [0.717, 1.165) is 29.8 Å². The first kappa shape index (κ1) is 17.0. The van der Waals surface area contributed by atoms with Gasteiger partial charge in [-0.05, 0) is 49.4 Å². The molecule has 0 saturated heterocycles. The van der Waals surface area contributed by atoms with Crippen molar-refractivity contribution >= 4 is 5.97 Å². The fraction of sp³-hybridized carbons (Fsp3) is 0.450. The number of aliphatic hydroxyl groups is 1. The van der Waals surface area contributed by atoms with E-state index in [2.05, 4.69) is 11.5 Å². The fourth-order valence-corrected chi connectivity index (χ4v) is 4.35. The van der Waals surface area contributed by atoms with Crippen molar-refractivity contribution in [3.63, 3.8) is 0 Å². The monoisotopic (exact) mass is 357 g/mol. The van der Waals surface area contributed by atoms with Crippen LogP contribution in [-0.4, -0.2) is 42.5 Å². The molecule has 0 amide bonds. The minimum Gasteiger partial charge on any atom is -0.509 e. The SMILES string of the molecule is C=CC[C@@]12C(O)=C(C(=O)OCC)CCN1CCc1cc3c(cc12)OCO3. The van der Waals surface area contributed by atoms with Crippen LogP contribution in [0.3, 0.4) is 0 Å². The van der Waals surface area contributed by atoms with Gasteiger partial charge in [0.2, 0.25) is 6.79 Å². The van der Waals surface area contributed by atoms with Gasteiger partial charge in [0.15, 0.2) is 11.5 Å². The van der Waals surface area contributed by atoms with E-state index in [4.69, 9.17) is 14.2 Å². The second-order valence-corrected chi connectivity index (χ2v) is 6.75. The second kappa shape index (κ2) is 6.36. The smallest absolute Gasteiger partial charge is 0.337 e. The van der Waals surface area contributed by atoms with Crippen molar-refractivity contribution in [3.05, 3.63) is 47.2 Å². The number of ether oxygens (including phenoxy) is 3. The molecule has 0 aromatic heterocycles. The Morgan fingerprint density at radius 1 is 1.35 bits per heavy atom. The number of aliphatic hydroxyl groups excluding tert-OH is 1. The van der Waals surface area contributed by atoms with Crippen LogP contribution in [0.25, 0.3) is 0 Å². The second-order valence-electron chi connectivity index (χ2n) is 6.75. The quantitative estimate of drug-likeness (QED) is 0.660. The molecule has 4 rings (SSSR count). The molecule has 0 bridgehead atoms. The Kier molecular flexibility index (Phi) is 4.15. The minimum absolute atomic E-state index is 0.0712. The summed E-state index contributed by atoms with van der Waals surface area (Å²) in [4.78, 5) is 14.6. The molecule has 1 aromatic rings. The third kappa shape index (κ3) is 2.32. The van der Waals surface area contributed by atoms with Gasteiger partial charge < -0.3 is 19.3 Å². The van der Waals surface area contributed by atoms with Gasteiger partial charge in [0.25, 0.3) is 0 Å². The molecule has 1 N–H and O–H groups in total. The molecule has 3 aliphatic rings. The molecule has 138 valence electrons. The Labute approximate surface area is 152 Å². The maximum atomic E-state index is 12.4. The van der Waals surface area contributed by atoms with Gasteiger partial charge in [-0.3, -0.25) is 4.90 Å². The normalized spacial score (nSPS) is 24.0. The van der Waals surface area contributed by atoms with E-state index in [-0.39, 0.29) is 19.2 Å². The first-order valence-electron chi connectivity index (χ1n) is 9.00. The molecular formula is C20H23NO5. The van der Waals surface area contributed by atoms with Gasteiger partial charge in [-0.25, -0.2) is 4.79 Å². The molecule has 0 unspecified atom stereocenters. The number of carbonyl (C=O) groups is 1. The topological polar surface area (TPSA) is 68.2 Å². The summed E-state index contributed by atoms with van der Waals surface area (Å²) < 4.78 is 16.2. The number of hydrogen-bond donors (Lipinski definition) is 1. The molecule has 3 heterocycles. The van der Waals surface area contributed by atoms with Crippen LogP contribution in [0.2, 0.25) is 0 Å². The van der Waals surface area contributed by atoms with E-state index in [0.29, 0.717) is 30.7 Å². The Hall–Kier alpha value is -2.47. The van der Waals surface area contributed by atoms with Crippen LogP contribution in [0.15, 0.2) is 36.1 Å². The molecule has 0 fully saturated rings. The van der Waals surface area contributed by atoms with Crippen molar-refractivity contribution in [2.75, 3.05) is 26.5 Å². The summed E-state index contributed by atoms with van der Waals surface area (Å²) >= 11 is 0. The van der Waals surface area contributed by atoms with Crippen LogP contribution >= 0.6 is 0 Å². The zero-order valence-electron chi connectivity index (χ0n) is 14.9. The highest BCUT2D eigenvalue weighted by Crippen LogP contribution is 2.50. The first-order chi connectivity index (χ1) is 12.6. The summed E-state index contributed by atoms with van der Waals surface area (Å²) in [5.41, 5.74) is 1.60. The van der Waals surface area contributed by atoms with Crippen molar-refractivity contribution in [2.24, 2.45) is 0 Å². The predicted octanol–water partition coefficient (Wildman–Crippen LogP) is 2.82. The molecule has 6 heteroatoms. The van der Waals surface area contributed by atoms with Crippen LogP contribution in [0.5, 0.6) is 11.5 Å². The maximum absolute atomic E-state index is 12.4. The Balaban J connectivity index is 1.91. The van der Waals surface area contributed by atoms with Gasteiger partial charge in [0.05, 0.1) is 12.2 Å². The van der Waals surface area contributed by atoms with Gasteiger partial charge in [0.1, 0.15) is 11.3 Å². The highest BCUT2D eigenvalue weighted by molar-refractivity contribution is 5.89. The number of esters is 1.